The molecular formula is C5H7Cl3. The van der Waals surface area contributed by atoms with Crippen LogP contribution < -0.4 is 0 Å². The highest BCUT2D eigenvalue weighted by atomic mass is 35.5. The molecule has 0 fully saturated rings. The van der Waals surface area contributed by atoms with Crippen LogP contribution in [0.3, 0.4) is 0 Å². The number of rotatable bonds is 2. The van der Waals surface area contributed by atoms with Crippen LogP contribution in [0.15, 0.2) is 11.6 Å². The third kappa shape index (κ3) is 3.59. The molecule has 0 spiro atoms. The first-order chi connectivity index (χ1) is 3.68. The van der Waals surface area contributed by atoms with E-state index in [2.05, 4.69) is 0 Å². The van der Waals surface area contributed by atoms with Crippen molar-refractivity contribution in [2.75, 3.05) is 5.88 Å². The Balaban J connectivity index is 3.61. The molecule has 3 heteroatoms. The maximum atomic E-state index is 5.45. The Kier molecular flexibility index (Phi) is 4.83. The van der Waals surface area contributed by atoms with Gasteiger partial charge in [0, 0.05) is 5.88 Å². The second-order valence-corrected chi connectivity index (χ2v) is 2.81. The lowest BCUT2D eigenvalue weighted by Gasteiger charge is -1.96. The number of hydrogen-bond donors (Lipinski definition) is 0. The van der Waals surface area contributed by atoms with E-state index in [1.54, 1.807) is 6.08 Å². The Morgan fingerprint density at radius 1 is 1.62 bits per heavy atom. The molecule has 0 aliphatic rings. The zero-order valence-electron chi connectivity index (χ0n) is 4.50. The molecule has 0 atom stereocenters. The van der Waals surface area contributed by atoms with Crippen molar-refractivity contribution in [1.29, 1.82) is 0 Å². The molecular weight excluding hydrogens is 166 g/mol. The molecule has 0 saturated heterocycles. The fraction of sp³-hybridized carbons (Fsp3) is 0.600. The molecule has 0 aromatic heterocycles. The second-order valence-electron chi connectivity index (χ2n) is 1.40. The quantitative estimate of drug-likeness (QED) is 0.445. The van der Waals surface area contributed by atoms with Gasteiger partial charge in [-0.05, 0) is 12.5 Å². The van der Waals surface area contributed by atoms with Crippen molar-refractivity contribution >= 4 is 34.8 Å². The zero-order valence-corrected chi connectivity index (χ0v) is 6.76. The fourth-order valence-corrected chi connectivity index (χ4v) is 0.632. The molecule has 0 radical (unpaired) electrons. The summed E-state index contributed by atoms with van der Waals surface area (Å²) in [7, 11) is 0. The minimum Gasteiger partial charge on any atom is -0.122 e. The summed E-state index contributed by atoms with van der Waals surface area (Å²) < 4.78 is 0. The Bertz CT molecular complexity index is 85.7. The normalized spacial score (nSPS) is 12.9. The standard InChI is InChI=1S/C5H7Cl3/c1-4(2-3-6)5(7)8/h2,5H,3H2,1H3/b4-2+. The van der Waals surface area contributed by atoms with E-state index in [9.17, 15) is 0 Å². The van der Waals surface area contributed by atoms with Crippen LogP contribution in [0.5, 0.6) is 0 Å². The molecule has 8 heavy (non-hydrogen) atoms. The fourth-order valence-electron chi connectivity index (χ4n) is 0.211. The van der Waals surface area contributed by atoms with E-state index in [-0.39, 0.29) is 0 Å². The number of hydrogen-bond acceptors (Lipinski definition) is 0. The van der Waals surface area contributed by atoms with Crippen molar-refractivity contribution in [2.24, 2.45) is 0 Å². The van der Waals surface area contributed by atoms with Gasteiger partial charge in [-0.3, -0.25) is 0 Å². The summed E-state index contributed by atoms with van der Waals surface area (Å²) in [6, 6.07) is 0. The first-order valence-electron chi connectivity index (χ1n) is 2.19. The molecule has 0 bridgehead atoms. The molecule has 0 rings (SSSR count). The molecule has 0 nitrogen and oxygen atoms in total. The highest BCUT2D eigenvalue weighted by Crippen LogP contribution is 2.12. The molecule has 0 heterocycles. The summed E-state index contributed by atoms with van der Waals surface area (Å²) >= 11 is 16.2. The first-order valence-corrected chi connectivity index (χ1v) is 3.60. The topological polar surface area (TPSA) is 0 Å². The molecule has 48 valence electrons. The molecule has 0 aromatic carbocycles. The molecule has 0 aromatic rings. The van der Waals surface area contributed by atoms with Crippen LogP contribution in [0.1, 0.15) is 6.92 Å². The largest absolute Gasteiger partial charge is 0.128 e. The van der Waals surface area contributed by atoms with E-state index < -0.39 is 4.84 Å². The Hall–Kier alpha value is 0.610. The second kappa shape index (κ2) is 4.49. The number of allylic oxidation sites excluding steroid dienone is 2. The van der Waals surface area contributed by atoms with Crippen LogP contribution in [0, 0.1) is 0 Å². The predicted molar refractivity (Wildman–Crippen MR) is 40.0 cm³/mol. The van der Waals surface area contributed by atoms with Crippen LogP contribution in [0.4, 0.5) is 0 Å². The van der Waals surface area contributed by atoms with Crippen molar-refractivity contribution in [2.45, 2.75) is 11.8 Å². The molecule has 0 amide bonds. The minimum absolute atomic E-state index is 0.409. The maximum Gasteiger partial charge on any atom is 0.128 e. The molecule has 0 saturated carbocycles. The Morgan fingerprint density at radius 3 is 2.25 bits per heavy atom. The minimum atomic E-state index is -0.409. The number of halogens is 3. The van der Waals surface area contributed by atoms with Gasteiger partial charge >= 0.3 is 0 Å². The monoisotopic (exact) mass is 172 g/mol. The third-order valence-corrected chi connectivity index (χ3v) is 1.59. The van der Waals surface area contributed by atoms with E-state index in [1.165, 1.54) is 0 Å². The van der Waals surface area contributed by atoms with Gasteiger partial charge in [0.15, 0.2) is 0 Å². The van der Waals surface area contributed by atoms with Crippen molar-refractivity contribution in [3.63, 3.8) is 0 Å². The average Bonchev–Trinajstić information content (AvgIpc) is 1.67. The van der Waals surface area contributed by atoms with Crippen LogP contribution in [-0.4, -0.2) is 10.7 Å². The third-order valence-electron chi connectivity index (χ3n) is 0.743. The zero-order chi connectivity index (χ0) is 6.57. The van der Waals surface area contributed by atoms with Gasteiger partial charge in [0.25, 0.3) is 0 Å². The van der Waals surface area contributed by atoms with E-state index >= 15 is 0 Å². The lowest BCUT2D eigenvalue weighted by atomic mass is 10.3. The van der Waals surface area contributed by atoms with E-state index in [0.29, 0.717) is 5.88 Å². The molecule has 0 aliphatic carbocycles. The maximum absolute atomic E-state index is 5.45. The summed E-state index contributed by atoms with van der Waals surface area (Å²) in [6.07, 6.45) is 1.78. The predicted octanol–water partition coefficient (Wildman–Crippen LogP) is 2.98. The summed E-state index contributed by atoms with van der Waals surface area (Å²) in [5.74, 6) is 0.474. The van der Waals surface area contributed by atoms with Gasteiger partial charge in [0.1, 0.15) is 4.84 Å². The summed E-state index contributed by atoms with van der Waals surface area (Å²) in [6.45, 7) is 1.84. The van der Waals surface area contributed by atoms with E-state index in [4.69, 9.17) is 34.8 Å². The van der Waals surface area contributed by atoms with Crippen LogP contribution >= 0.6 is 34.8 Å². The summed E-state index contributed by atoms with van der Waals surface area (Å²) in [5, 5.41) is 0. The lowest BCUT2D eigenvalue weighted by molar-refractivity contribution is 1.31. The van der Waals surface area contributed by atoms with E-state index in [1.807, 2.05) is 6.92 Å². The average molecular weight is 173 g/mol. The van der Waals surface area contributed by atoms with Crippen LogP contribution in [0.2, 0.25) is 0 Å². The number of alkyl halides is 3. The van der Waals surface area contributed by atoms with Crippen molar-refractivity contribution in [3.8, 4) is 0 Å². The van der Waals surface area contributed by atoms with Crippen molar-refractivity contribution in [1.82, 2.24) is 0 Å². The van der Waals surface area contributed by atoms with Gasteiger partial charge in [-0.1, -0.05) is 6.08 Å². The molecule has 0 aliphatic heterocycles. The van der Waals surface area contributed by atoms with Crippen molar-refractivity contribution in [3.05, 3.63) is 11.6 Å². The van der Waals surface area contributed by atoms with E-state index in [0.717, 1.165) is 5.57 Å². The highest BCUT2D eigenvalue weighted by Gasteiger charge is 1.97. The van der Waals surface area contributed by atoms with Gasteiger partial charge in [-0.2, -0.15) is 0 Å². The SMILES string of the molecule is C/C(=C\CCl)C(Cl)Cl. The van der Waals surface area contributed by atoms with Crippen LogP contribution in [0.25, 0.3) is 0 Å². The van der Waals surface area contributed by atoms with Gasteiger partial charge in [-0.25, -0.2) is 0 Å². The summed E-state index contributed by atoms with van der Waals surface area (Å²) in [5.41, 5.74) is 0.906. The van der Waals surface area contributed by atoms with Crippen LogP contribution in [-0.2, 0) is 0 Å². The smallest absolute Gasteiger partial charge is 0.122 e. The van der Waals surface area contributed by atoms with Gasteiger partial charge < -0.3 is 0 Å². The summed E-state index contributed by atoms with van der Waals surface area (Å²) in [4.78, 5) is -0.409. The molecule has 0 unspecified atom stereocenters. The van der Waals surface area contributed by atoms with Crippen molar-refractivity contribution < 1.29 is 0 Å². The molecule has 0 N–H and O–H groups in total. The Morgan fingerprint density at radius 2 is 2.12 bits per heavy atom. The Labute approximate surface area is 64.4 Å². The van der Waals surface area contributed by atoms with Gasteiger partial charge in [0.2, 0.25) is 0 Å². The van der Waals surface area contributed by atoms with Gasteiger partial charge in [0.05, 0.1) is 0 Å². The lowest BCUT2D eigenvalue weighted by Crippen LogP contribution is -1.87. The van der Waals surface area contributed by atoms with Gasteiger partial charge in [-0.15, -0.1) is 34.8 Å². The first kappa shape index (κ1) is 8.61. The highest BCUT2D eigenvalue weighted by molar-refractivity contribution is 6.46.